The molecule has 0 heterocycles. The molecule has 0 amide bonds. The van der Waals surface area contributed by atoms with E-state index in [0.29, 0.717) is 0 Å². The Balaban J connectivity index is 2.57. The second-order valence-corrected chi connectivity index (χ2v) is 3.50. The van der Waals surface area contributed by atoms with Crippen LogP contribution in [0.25, 0.3) is 0 Å². The molecule has 1 aromatic carbocycles. The van der Waals surface area contributed by atoms with Gasteiger partial charge >= 0.3 is 11.9 Å². The van der Waals surface area contributed by atoms with Crippen molar-refractivity contribution in [2.75, 3.05) is 0 Å². The van der Waals surface area contributed by atoms with Crippen LogP contribution in [0, 0.1) is 6.92 Å². The molecule has 0 aliphatic carbocycles. The van der Waals surface area contributed by atoms with Crippen molar-refractivity contribution in [1.29, 1.82) is 0 Å². The lowest BCUT2D eigenvalue weighted by Gasteiger charge is -2.10. The van der Waals surface area contributed by atoms with E-state index >= 15 is 0 Å². The number of carboxylic acids is 1. The van der Waals surface area contributed by atoms with E-state index in [2.05, 4.69) is 0 Å². The lowest BCUT2D eigenvalue weighted by atomic mass is 10.1. The predicted octanol–water partition coefficient (Wildman–Crippen LogP) is 2.65. The van der Waals surface area contributed by atoms with E-state index in [-0.39, 0.29) is 6.42 Å². The number of rotatable bonds is 4. The highest BCUT2D eigenvalue weighted by Crippen LogP contribution is 2.21. The molecule has 0 bridgehead atoms. The van der Waals surface area contributed by atoms with Gasteiger partial charge in [-0.1, -0.05) is 29.8 Å². The molecular weight excluding hydrogens is 202 g/mol. The van der Waals surface area contributed by atoms with Crippen molar-refractivity contribution >= 4 is 5.97 Å². The highest BCUT2D eigenvalue weighted by atomic mass is 19.3. The number of aliphatic carboxylic acids is 1. The number of hydrogen-bond acceptors (Lipinski definition) is 1. The largest absolute Gasteiger partial charge is 0.477 e. The normalized spacial score (nSPS) is 11.4. The van der Waals surface area contributed by atoms with Gasteiger partial charge in [-0.05, 0) is 18.9 Å². The molecule has 15 heavy (non-hydrogen) atoms. The summed E-state index contributed by atoms with van der Waals surface area (Å²) >= 11 is 0. The number of carboxylic acid groups (broad SMARTS) is 1. The second-order valence-electron chi connectivity index (χ2n) is 3.50. The molecule has 0 atom stereocenters. The molecule has 0 aliphatic rings. The molecule has 1 rings (SSSR count). The van der Waals surface area contributed by atoms with Crippen LogP contribution in [-0.4, -0.2) is 17.0 Å². The second kappa shape index (κ2) is 4.38. The van der Waals surface area contributed by atoms with E-state index in [1.165, 1.54) is 0 Å². The van der Waals surface area contributed by atoms with Crippen molar-refractivity contribution in [2.24, 2.45) is 0 Å². The zero-order valence-corrected chi connectivity index (χ0v) is 8.34. The Morgan fingerprint density at radius 3 is 2.33 bits per heavy atom. The highest BCUT2D eigenvalue weighted by molar-refractivity contribution is 5.75. The number of alkyl halides is 2. The van der Waals surface area contributed by atoms with Gasteiger partial charge in [0.1, 0.15) is 0 Å². The van der Waals surface area contributed by atoms with E-state index in [1.807, 2.05) is 19.1 Å². The number of carbonyl (C=O) groups is 1. The van der Waals surface area contributed by atoms with Gasteiger partial charge in [0.05, 0.1) is 0 Å². The van der Waals surface area contributed by atoms with E-state index in [4.69, 9.17) is 5.11 Å². The SMILES string of the molecule is Cc1ccc(CCC(F)(F)C(=O)O)cc1. The molecule has 0 radical (unpaired) electrons. The summed E-state index contributed by atoms with van der Waals surface area (Å²) in [7, 11) is 0. The molecule has 82 valence electrons. The quantitative estimate of drug-likeness (QED) is 0.836. The molecule has 0 saturated heterocycles. The zero-order valence-electron chi connectivity index (χ0n) is 8.34. The summed E-state index contributed by atoms with van der Waals surface area (Å²) in [6.45, 7) is 1.90. The van der Waals surface area contributed by atoms with Gasteiger partial charge in [-0.2, -0.15) is 8.78 Å². The number of hydrogen-bond donors (Lipinski definition) is 1. The van der Waals surface area contributed by atoms with Crippen LogP contribution in [0.3, 0.4) is 0 Å². The molecule has 0 fully saturated rings. The molecule has 4 heteroatoms. The Labute approximate surface area is 86.5 Å². The van der Waals surface area contributed by atoms with Crippen molar-refractivity contribution in [3.63, 3.8) is 0 Å². The smallest absolute Gasteiger partial charge is 0.374 e. The van der Waals surface area contributed by atoms with Gasteiger partial charge in [-0.15, -0.1) is 0 Å². The van der Waals surface area contributed by atoms with Crippen LogP contribution in [0.2, 0.25) is 0 Å². The summed E-state index contributed by atoms with van der Waals surface area (Å²) in [5, 5.41) is 8.21. The van der Waals surface area contributed by atoms with Gasteiger partial charge in [-0.25, -0.2) is 4.79 Å². The molecule has 2 nitrogen and oxygen atoms in total. The molecule has 1 N–H and O–H groups in total. The molecule has 0 spiro atoms. The summed E-state index contributed by atoms with van der Waals surface area (Å²) in [5.41, 5.74) is 1.77. The average molecular weight is 214 g/mol. The fraction of sp³-hybridized carbons (Fsp3) is 0.364. The lowest BCUT2D eigenvalue weighted by molar-refractivity contribution is -0.165. The Kier molecular flexibility index (Phi) is 3.39. The Morgan fingerprint density at radius 1 is 1.33 bits per heavy atom. The molecule has 1 aromatic rings. The van der Waals surface area contributed by atoms with Crippen LogP contribution in [0.4, 0.5) is 8.78 Å². The Morgan fingerprint density at radius 2 is 1.87 bits per heavy atom. The maximum absolute atomic E-state index is 12.7. The van der Waals surface area contributed by atoms with Crippen molar-refractivity contribution in [3.8, 4) is 0 Å². The molecule has 0 unspecified atom stereocenters. The van der Waals surface area contributed by atoms with Crippen LogP contribution in [0.15, 0.2) is 24.3 Å². The molecule has 0 saturated carbocycles. The minimum Gasteiger partial charge on any atom is -0.477 e. The Hall–Kier alpha value is -1.45. The third-order valence-corrected chi connectivity index (χ3v) is 2.16. The van der Waals surface area contributed by atoms with Crippen molar-refractivity contribution in [1.82, 2.24) is 0 Å². The first-order chi connectivity index (χ1) is 6.92. The fourth-order valence-corrected chi connectivity index (χ4v) is 1.16. The first-order valence-corrected chi connectivity index (χ1v) is 4.58. The average Bonchev–Trinajstić information content (AvgIpc) is 2.17. The van der Waals surface area contributed by atoms with Crippen LogP contribution >= 0.6 is 0 Å². The Bertz CT molecular complexity index is 344. The van der Waals surface area contributed by atoms with Crippen LogP contribution in [-0.2, 0) is 11.2 Å². The minimum absolute atomic E-state index is 0.0690. The monoisotopic (exact) mass is 214 g/mol. The maximum atomic E-state index is 12.7. The first-order valence-electron chi connectivity index (χ1n) is 4.58. The van der Waals surface area contributed by atoms with Gasteiger partial charge in [0.2, 0.25) is 0 Å². The number of halogens is 2. The van der Waals surface area contributed by atoms with Gasteiger partial charge in [0.25, 0.3) is 0 Å². The summed E-state index contributed by atoms with van der Waals surface area (Å²) in [6, 6.07) is 7.09. The minimum atomic E-state index is -3.63. The number of benzene rings is 1. The summed E-state index contributed by atoms with van der Waals surface area (Å²) < 4.78 is 25.4. The van der Waals surface area contributed by atoms with E-state index in [1.54, 1.807) is 12.1 Å². The fourth-order valence-electron chi connectivity index (χ4n) is 1.16. The van der Waals surface area contributed by atoms with E-state index in [0.717, 1.165) is 11.1 Å². The predicted molar refractivity (Wildman–Crippen MR) is 52.1 cm³/mol. The van der Waals surface area contributed by atoms with Crippen molar-refractivity contribution in [3.05, 3.63) is 35.4 Å². The van der Waals surface area contributed by atoms with Crippen LogP contribution < -0.4 is 0 Å². The molecule has 0 aliphatic heterocycles. The van der Waals surface area contributed by atoms with Gasteiger partial charge in [0.15, 0.2) is 0 Å². The van der Waals surface area contributed by atoms with Gasteiger partial charge < -0.3 is 5.11 Å². The molecule has 0 aromatic heterocycles. The van der Waals surface area contributed by atoms with Crippen LogP contribution in [0.1, 0.15) is 17.5 Å². The summed E-state index contributed by atoms with van der Waals surface area (Å²) in [6.07, 6.45) is -0.592. The topological polar surface area (TPSA) is 37.3 Å². The van der Waals surface area contributed by atoms with Gasteiger partial charge in [0, 0.05) is 6.42 Å². The molecular formula is C11H12F2O2. The zero-order chi connectivity index (χ0) is 11.5. The lowest BCUT2D eigenvalue weighted by Crippen LogP contribution is -2.28. The van der Waals surface area contributed by atoms with Gasteiger partial charge in [-0.3, -0.25) is 0 Å². The standard InChI is InChI=1S/C11H12F2O2/c1-8-2-4-9(5-3-8)6-7-11(12,13)10(14)15/h2-5H,6-7H2,1H3,(H,14,15). The van der Waals surface area contributed by atoms with E-state index < -0.39 is 18.3 Å². The third-order valence-electron chi connectivity index (χ3n) is 2.16. The summed E-state index contributed by atoms with van der Waals surface area (Å²) in [4.78, 5) is 10.1. The maximum Gasteiger partial charge on any atom is 0.374 e. The highest BCUT2D eigenvalue weighted by Gasteiger charge is 2.37. The van der Waals surface area contributed by atoms with Crippen LogP contribution in [0.5, 0.6) is 0 Å². The van der Waals surface area contributed by atoms with Crippen molar-refractivity contribution in [2.45, 2.75) is 25.7 Å². The van der Waals surface area contributed by atoms with Crippen molar-refractivity contribution < 1.29 is 18.7 Å². The van der Waals surface area contributed by atoms with E-state index in [9.17, 15) is 13.6 Å². The number of aryl methyl sites for hydroxylation is 2. The third kappa shape index (κ3) is 3.31. The first kappa shape index (κ1) is 11.6. The summed E-state index contributed by atoms with van der Waals surface area (Å²) in [5.74, 6) is -5.69.